The molecule has 2 aromatic heterocycles. The molecule has 0 saturated carbocycles. The van der Waals surface area contributed by atoms with Crippen molar-refractivity contribution in [1.82, 2.24) is 29.7 Å². The highest BCUT2D eigenvalue weighted by atomic mass is 19.2. The van der Waals surface area contributed by atoms with Crippen molar-refractivity contribution in [2.75, 3.05) is 7.11 Å². The predicted molar refractivity (Wildman–Crippen MR) is 127 cm³/mol. The van der Waals surface area contributed by atoms with Gasteiger partial charge in [0, 0.05) is 24.2 Å². The van der Waals surface area contributed by atoms with Gasteiger partial charge >= 0.3 is 0 Å². The van der Waals surface area contributed by atoms with Gasteiger partial charge in [-0.15, -0.1) is 0 Å². The molecule has 1 fully saturated rings. The molecule has 0 unspecified atom stereocenters. The topological polar surface area (TPSA) is 78.1 Å². The van der Waals surface area contributed by atoms with Crippen LogP contribution in [0.5, 0.6) is 5.75 Å². The summed E-state index contributed by atoms with van der Waals surface area (Å²) in [4.78, 5) is 17.4. The number of aromatic nitrogens is 5. The smallest absolute Gasteiger partial charge is 0.256 e. The first kappa shape index (κ1) is 22.4. The number of benzene rings is 2. The zero-order valence-electron chi connectivity index (χ0n) is 19.9. The largest absolute Gasteiger partial charge is 0.494 e. The summed E-state index contributed by atoms with van der Waals surface area (Å²) in [6.45, 7) is 0. The zero-order chi connectivity index (χ0) is 25.0. The van der Waals surface area contributed by atoms with Gasteiger partial charge in [-0.25, -0.2) is 4.39 Å². The molecular weight excluding hydrogens is 466 g/mol. The monoisotopic (exact) mass is 490 g/mol. The van der Waals surface area contributed by atoms with E-state index in [4.69, 9.17) is 9.84 Å². The summed E-state index contributed by atoms with van der Waals surface area (Å²) in [7, 11) is 3.10. The molecule has 0 N–H and O–H groups in total. The summed E-state index contributed by atoms with van der Waals surface area (Å²) in [6, 6.07) is 9.72. The number of rotatable bonds is 4. The lowest BCUT2D eigenvalue weighted by Gasteiger charge is -2.45. The third kappa shape index (κ3) is 3.39. The Labute approximate surface area is 206 Å². The number of carbonyl (C=O) groups is 1. The molecule has 36 heavy (non-hydrogen) atoms. The number of hydrogen-bond donors (Lipinski definition) is 0. The van der Waals surface area contributed by atoms with Gasteiger partial charge in [0.05, 0.1) is 48.2 Å². The molecule has 10 heteroatoms. The molecule has 0 aliphatic carbocycles. The summed E-state index contributed by atoms with van der Waals surface area (Å²) in [5.41, 5.74) is 4.12. The zero-order valence-corrected chi connectivity index (χ0v) is 19.9. The molecule has 2 aromatic carbocycles. The lowest BCUT2D eigenvalue weighted by Crippen LogP contribution is -2.50. The number of ether oxygens (including phenoxy) is 1. The molecule has 1 amide bonds. The molecule has 4 aromatic rings. The summed E-state index contributed by atoms with van der Waals surface area (Å²) < 4.78 is 35.2. The highest BCUT2D eigenvalue weighted by molar-refractivity contribution is 5.98. The molecule has 2 aliphatic heterocycles. The third-order valence-electron chi connectivity index (χ3n) is 7.17. The number of aryl methyl sites for hydroxylation is 1. The van der Waals surface area contributed by atoms with Gasteiger partial charge in [0.25, 0.3) is 5.91 Å². The molecule has 1 saturated heterocycles. The molecule has 4 heterocycles. The van der Waals surface area contributed by atoms with E-state index in [1.165, 1.54) is 24.0 Å². The van der Waals surface area contributed by atoms with Crippen LogP contribution >= 0.6 is 0 Å². The van der Waals surface area contributed by atoms with E-state index in [1.807, 2.05) is 23.1 Å². The van der Waals surface area contributed by atoms with Crippen molar-refractivity contribution in [3.63, 3.8) is 0 Å². The fourth-order valence-electron chi connectivity index (χ4n) is 5.67. The Morgan fingerprint density at radius 3 is 2.67 bits per heavy atom. The minimum atomic E-state index is -1.02. The number of methoxy groups -OCH3 is 1. The second-order valence-electron chi connectivity index (χ2n) is 9.16. The fraction of sp³-hybridized carbons (Fsp3) is 0.308. The van der Waals surface area contributed by atoms with Gasteiger partial charge < -0.3 is 9.64 Å². The number of para-hydroxylation sites is 1. The Balaban J connectivity index is 1.43. The molecule has 184 valence electrons. The van der Waals surface area contributed by atoms with E-state index in [-0.39, 0.29) is 23.7 Å². The number of piperidine rings is 1. The minimum Gasteiger partial charge on any atom is -0.494 e. The maximum atomic E-state index is 14.4. The number of nitrogens with zero attached hydrogens (tertiary/aromatic N) is 6. The highest BCUT2D eigenvalue weighted by Gasteiger charge is 2.44. The van der Waals surface area contributed by atoms with Crippen molar-refractivity contribution >= 4 is 5.91 Å². The number of carbonyl (C=O) groups excluding carboxylic acids is 1. The molecule has 2 bridgehead atoms. The first-order valence-corrected chi connectivity index (χ1v) is 11.9. The molecule has 6 rings (SSSR count). The average molecular weight is 491 g/mol. The molecule has 0 radical (unpaired) electrons. The van der Waals surface area contributed by atoms with Crippen molar-refractivity contribution in [3.8, 4) is 22.7 Å². The van der Waals surface area contributed by atoms with Crippen LogP contribution in [0, 0.1) is 11.6 Å². The van der Waals surface area contributed by atoms with E-state index in [9.17, 15) is 13.6 Å². The average Bonchev–Trinajstić information content (AvgIpc) is 3.53. The molecule has 2 atom stereocenters. The van der Waals surface area contributed by atoms with Gasteiger partial charge in [-0.1, -0.05) is 12.1 Å². The second-order valence-corrected chi connectivity index (χ2v) is 9.16. The van der Waals surface area contributed by atoms with Crippen LogP contribution in [0.25, 0.3) is 16.9 Å². The Morgan fingerprint density at radius 2 is 1.89 bits per heavy atom. The van der Waals surface area contributed by atoms with E-state index in [2.05, 4.69) is 10.2 Å². The molecular formula is C26H24F2N6O2. The van der Waals surface area contributed by atoms with E-state index in [1.54, 1.807) is 30.2 Å². The van der Waals surface area contributed by atoms with Crippen molar-refractivity contribution in [2.45, 2.75) is 37.8 Å². The number of hydrogen-bond acceptors (Lipinski definition) is 5. The standard InChI is InChI=1S/C26H24F2N6O2/c1-32-25(15-12-19(27)23(28)22(13-15)36-2)18-14-16-6-5-9-21(24(18)31-32)33(16)26(35)17-7-3-4-8-20(17)34-29-10-11-30-34/h3-4,7-8,10-13,16,21H,5-6,9,14H2,1-2H3/t16-,21+/m0/s1. The minimum absolute atomic E-state index is 0.0440. The summed E-state index contributed by atoms with van der Waals surface area (Å²) in [5.74, 6) is -2.24. The Kier molecular flexibility index (Phi) is 5.31. The van der Waals surface area contributed by atoms with E-state index < -0.39 is 11.6 Å². The van der Waals surface area contributed by atoms with Crippen LogP contribution in [0.3, 0.4) is 0 Å². The van der Waals surface area contributed by atoms with E-state index in [0.29, 0.717) is 28.9 Å². The number of halogens is 2. The summed E-state index contributed by atoms with van der Waals surface area (Å²) in [5, 5.41) is 13.2. The normalized spacial score (nSPS) is 18.7. The van der Waals surface area contributed by atoms with Crippen LogP contribution in [0.4, 0.5) is 8.78 Å². The van der Waals surface area contributed by atoms with E-state index in [0.717, 1.165) is 30.5 Å². The van der Waals surface area contributed by atoms with Gasteiger partial charge in [0.15, 0.2) is 11.6 Å². The maximum absolute atomic E-state index is 14.4. The van der Waals surface area contributed by atoms with Crippen LogP contribution in [0.2, 0.25) is 0 Å². The van der Waals surface area contributed by atoms with Crippen LogP contribution in [-0.4, -0.2) is 48.7 Å². The quantitative estimate of drug-likeness (QED) is 0.428. The molecule has 8 nitrogen and oxygen atoms in total. The van der Waals surface area contributed by atoms with Crippen molar-refractivity contribution < 1.29 is 18.3 Å². The highest BCUT2D eigenvalue weighted by Crippen LogP contribution is 2.45. The van der Waals surface area contributed by atoms with Crippen molar-refractivity contribution in [3.05, 3.63) is 77.2 Å². The first-order valence-electron chi connectivity index (χ1n) is 11.9. The van der Waals surface area contributed by atoms with Crippen LogP contribution < -0.4 is 4.74 Å². The SMILES string of the molecule is COc1cc(-c2c3c(nn2C)[C@H]2CCC[C@@H](C3)N2C(=O)c2ccccc2-n2nccn2)cc(F)c1F. The Hall–Kier alpha value is -4.08. The van der Waals surface area contributed by atoms with Gasteiger partial charge in [0.2, 0.25) is 5.82 Å². The first-order chi connectivity index (χ1) is 17.5. The lowest BCUT2D eigenvalue weighted by atomic mass is 9.81. The predicted octanol–water partition coefficient (Wildman–Crippen LogP) is 4.25. The van der Waals surface area contributed by atoms with Gasteiger partial charge in [0.1, 0.15) is 0 Å². The molecule has 0 spiro atoms. The van der Waals surface area contributed by atoms with Crippen LogP contribution in [-0.2, 0) is 13.5 Å². The van der Waals surface area contributed by atoms with Gasteiger partial charge in [-0.05, 0) is 49.9 Å². The Bertz CT molecular complexity index is 1470. The van der Waals surface area contributed by atoms with Gasteiger partial charge in [-0.3, -0.25) is 9.48 Å². The molecule has 2 aliphatic rings. The van der Waals surface area contributed by atoms with Crippen LogP contribution in [0.15, 0.2) is 48.8 Å². The Morgan fingerprint density at radius 1 is 1.11 bits per heavy atom. The fourth-order valence-corrected chi connectivity index (χ4v) is 5.67. The van der Waals surface area contributed by atoms with Gasteiger partial charge in [-0.2, -0.15) is 24.5 Å². The number of fused-ring (bicyclic) bond motifs is 4. The maximum Gasteiger partial charge on any atom is 0.256 e. The van der Waals surface area contributed by atoms with Crippen molar-refractivity contribution in [1.29, 1.82) is 0 Å². The summed E-state index contributed by atoms with van der Waals surface area (Å²) >= 11 is 0. The lowest BCUT2D eigenvalue weighted by molar-refractivity contribution is 0.0391. The second kappa shape index (κ2) is 8.54. The van der Waals surface area contributed by atoms with E-state index >= 15 is 0 Å². The van der Waals surface area contributed by atoms with Crippen LogP contribution in [0.1, 0.15) is 46.9 Å². The van der Waals surface area contributed by atoms with Crippen molar-refractivity contribution in [2.24, 2.45) is 7.05 Å². The number of amides is 1. The third-order valence-corrected chi connectivity index (χ3v) is 7.17. The summed E-state index contributed by atoms with van der Waals surface area (Å²) in [6.07, 6.45) is 6.32.